The summed E-state index contributed by atoms with van der Waals surface area (Å²) in [6, 6.07) is 24.3. The minimum absolute atomic E-state index is 0.0129. The highest BCUT2D eigenvalue weighted by Gasteiger charge is 2.21. The van der Waals surface area contributed by atoms with Gasteiger partial charge < -0.3 is 4.42 Å². The van der Waals surface area contributed by atoms with Gasteiger partial charge in [0.05, 0.1) is 0 Å². The fraction of sp³-hybridized carbons (Fsp3) is 0.265. The maximum Gasteiger partial charge on any atom is 0.161 e. The van der Waals surface area contributed by atoms with E-state index in [1.54, 1.807) is 0 Å². The number of benzene rings is 3. The summed E-state index contributed by atoms with van der Waals surface area (Å²) in [7, 11) is 0. The van der Waals surface area contributed by atoms with Crippen molar-refractivity contribution < 1.29 is 4.42 Å². The van der Waals surface area contributed by atoms with Crippen molar-refractivity contribution in [2.45, 2.75) is 53.4 Å². The molecule has 0 amide bonds. The van der Waals surface area contributed by atoms with E-state index < -0.39 is 0 Å². The second kappa shape index (κ2) is 8.85. The molecule has 0 saturated carbocycles. The smallest absolute Gasteiger partial charge is 0.161 e. The molecule has 0 fully saturated rings. The standard InChI is InChI=1S/C34H33NOS/c1-20(2)15-22-11-12-27-30(16-22)37-21(3)31(27)29-19-24-13-14-35-32(33(24)36-29)25-17-23-9-7-8-10-26(23)28(18-25)34(4,5)6/h7-14,16-20H,15H2,1-6H3. The van der Waals surface area contributed by atoms with Gasteiger partial charge in [0.2, 0.25) is 0 Å². The van der Waals surface area contributed by atoms with E-state index in [4.69, 9.17) is 9.40 Å². The van der Waals surface area contributed by atoms with Crippen molar-refractivity contribution in [3.63, 3.8) is 0 Å². The quantitative estimate of drug-likeness (QED) is 0.239. The number of pyridine rings is 1. The Hall–Kier alpha value is -3.43. The molecule has 0 aliphatic rings. The molecule has 3 aromatic carbocycles. The highest BCUT2D eigenvalue weighted by molar-refractivity contribution is 7.19. The molecule has 0 aliphatic carbocycles. The molecule has 0 aliphatic heterocycles. The number of nitrogens with zero attached hydrogens (tertiary/aromatic N) is 1. The summed E-state index contributed by atoms with van der Waals surface area (Å²) in [5.41, 5.74) is 6.78. The number of thiophene rings is 1. The van der Waals surface area contributed by atoms with Gasteiger partial charge in [0.25, 0.3) is 0 Å². The first kappa shape index (κ1) is 23.9. The van der Waals surface area contributed by atoms with Crippen LogP contribution in [0, 0.1) is 12.8 Å². The van der Waals surface area contributed by atoms with Crippen LogP contribution in [-0.2, 0) is 11.8 Å². The highest BCUT2D eigenvalue weighted by atomic mass is 32.1. The Morgan fingerprint density at radius 2 is 1.70 bits per heavy atom. The lowest BCUT2D eigenvalue weighted by Crippen LogP contribution is -2.12. The van der Waals surface area contributed by atoms with E-state index in [1.165, 1.54) is 42.4 Å². The first-order valence-electron chi connectivity index (χ1n) is 13.1. The number of fused-ring (bicyclic) bond motifs is 3. The monoisotopic (exact) mass is 503 g/mol. The largest absolute Gasteiger partial charge is 0.454 e. The highest BCUT2D eigenvalue weighted by Crippen LogP contribution is 2.43. The maximum atomic E-state index is 6.66. The number of furan rings is 1. The molecular weight excluding hydrogens is 470 g/mol. The van der Waals surface area contributed by atoms with Crippen LogP contribution in [0.1, 0.15) is 50.6 Å². The van der Waals surface area contributed by atoms with Gasteiger partial charge in [-0.15, -0.1) is 11.3 Å². The third-order valence-corrected chi connectivity index (χ3v) is 8.27. The van der Waals surface area contributed by atoms with Crippen molar-refractivity contribution in [2.75, 3.05) is 0 Å². The second-order valence-electron chi connectivity index (χ2n) is 11.6. The second-order valence-corrected chi connectivity index (χ2v) is 12.9. The normalized spacial score (nSPS) is 12.4. The SMILES string of the molecule is Cc1sc2cc(CC(C)C)ccc2c1-c1cc2ccnc(-c3cc(C(C)(C)C)c4ccccc4c3)c2o1. The Labute approximate surface area is 223 Å². The van der Waals surface area contributed by atoms with Crippen molar-refractivity contribution in [2.24, 2.45) is 5.92 Å². The van der Waals surface area contributed by atoms with Crippen molar-refractivity contribution in [1.29, 1.82) is 0 Å². The number of hydrogen-bond acceptors (Lipinski definition) is 3. The first-order chi connectivity index (χ1) is 17.7. The number of hydrogen-bond donors (Lipinski definition) is 0. The van der Waals surface area contributed by atoms with Crippen LogP contribution in [0.25, 0.3) is 54.4 Å². The molecule has 37 heavy (non-hydrogen) atoms. The molecule has 0 radical (unpaired) electrons. The number of aryl methyl sites for hydroxylation is 1. The number of aromatic nitrogens is 1. The summed E-state index contributed by atoms with van der Waals surface area (Å²) in [6.45, 7) is 13.6. The van der Waals surface area contributed by atoms with Crippen LogP contribution >= 0.6 is 11.3 Å². The minimum Gasteiger partial charge on any atom is -0.454 e. The molecule has 0 atom stereocenters. The van der Waals surface area contributed by atoms with Crippen LogP contribution in [0.15, 0.2) is 77.3 Å². The molecule has 3 heteroatoms. The lowest BCUT2D eigenvalue weighted by atomic mass is 9.82. The molecule has 6 rings (SSSR count). The summed E-state index contributed by atoms with van der Waals surface area (Å²) < 4.78 is 7.99. The first-order valence-corrected chi connectivity index (χ1v) is 14.0. The van der Waals surface area contributed by atoms with Gasteiger partial charge in [-0.2, -0.15) is 0 Å². The zero-order chi connectivity index (χ0) is 25.9. The zero-order valence-corrected chi connectivity index (χ0v) is 23.3. The van der Waals surface area contributed by atoms with Gasteiger partial charge in [0.1, 0.15) is 11.5 Å². The Kier molecular flexibility index (Phi) is 5.72. The van der Waals surface area contributed by atoms with E-state index in [1.807, 2.05) is 17.5 Å². The Morgan fingerprint density at radius 1 is 0.892 bits per heavy atom. The van der Waals surface area contributed by atoms with E-state index in [0.717, 1.165) is 34.4 Å². The zero-order valence-electron chi connectivity index (χ0n) is 22.5. The molecule has 0 N–H and O–H groups in total. The van der Waals surface area contributed by atoms with Gasteiger partial charge in [-0.25, -0.2) is 0 Å². The van der Waals surface area contributed by atoms with E-state index in [2.05, 4.69) is 108 Å². The molecular formula is C34H33NOS. The van der Waals surface area contributed by atoms with Gasteiger partial charge in [0, 0.05) is 37.7 Å². The fourth-order valence-corrected chi connectivity index (χ4v) is 6.66. The molecule has 3 aromatic heterocycles. The third kappa shape index (κ3) is 4.26. The van der Waals surface area contributed by atoms with Crippen LogP contribution in [0.3, 0.4) is 0 Å². The molecule has 0 unspecified atom stereocenters. The molecule has 2 nitrogen and oxygen atoms in total. The Balaban J connectivity index is 1.52. The molecule has 186 valence electrons. The fourth-order valence-electron chi connectivity index (χ4n) is 5.53. The predicted octanol–water partition coefficient (Wildman–Crippen LogP) is 10.3. The van der Waals surface area contributed by atoms with E-state index in [0.29, 0.717) is 5.92 Å². The summed E-state index contributed by atoms with van der Waals surface area (Å²) in [5, 5.41) is 4.88. The molecule has 0 bridgehead atoms. The van der Waals surface area contributed by atoms with Crippen LogP contribution < -0.4 is 0 Å². The minimum atomic E-state index is 0.0129. The molecule has 3 heterocycles. The van der Waals surface area contributed by atoms with Gasteiger partial charge in [0.15, 0.2) is 5.58 Å². The lowest BCUT2D eigenvalue weighted by Gasteiger charge is -2.22. The van der Waals surface area contributed by atoms with E-state index in [9.17, 15) is 0 Å². The summed E-state index contributed by atoms with van der Waals surface area (Å²) >= 11 is 1.86. The van der Waals surface area contributed by atoms with Gasteiger partial charge >= 0.3 is 0 Å². The van der Waals surface area contributed by atoms with Crippen LogP contribution in [0.4, 0.5) is 0 Å². The van der Waals surface area contributed by atoms with Crippen molar-refractivity contribution >= 4 is 43.2 Å². The average Bonchev–Trinajstić information content (AvgIpc) is 3.41. The van der Waals surface area contributed by atoms with Crippen molar-refractivity contribution in [3.05, 3.63) is 88.9 Å². The average molecular weight is 504 g/mol. The molecule has 0 spiro atoms. The van der Waals surface area contributed by atoms with Gasteiger partial charge in [-0.3, -0.25) is 4.98 Å². The summed E-state index contributed by atoms with van der Waals surface area (Å²) in [5.74, 6) is 1.56. The van der Waals surface area contributed by atoms with E-state index in [-0.39, 0.29) is 5.41 Å². The van der Waals surface area contributed by atoms with Gasteiger partial charge in [-0.1, -0.05) is 71.0 Å². The summed E-state index contributed by atoms with van der Waals surface area (Å²) in [6.07, 6.45) is 3.00. The molecule has 6 aromatic rings. The Morgan fingerprint density at radius 3 is 2.49 bits per heavy atom. The number of rotatable bonds is 4. The molecule has 0 saturated heterocycles. The van der Waals surface area contributed by atoms with Crippen molar-refractivity contribution in [3.8, 4) is 22.6 Å². The third-order valence-electron chi connectivity index (χ3n) is 7.20. The van der Waals surface area contributed by atoms with Crippen LogP contribution in [-0.4, -0.2) is 4.98 Å². The lowest BCUT2D eigenvalue weighted by molar-refractivity contribution is 0.596. The predicted molar refractivity (Wildman–Crippen MR) is 160 cm³/mol. The maximum absolute atomic E-state index is 6.66. The summed E-state index contributed by atoms with van der Waals surface area (Å²) in [4.78, 5) is 6.12. The van der Waals surface area contributed by atoms with Crippen LogP contribution in [0.2, 0.25) is 0 Å². The Bertz CT molecular complexity index is 1780. The van der Waals surface area contributed by atoms with Gasteiger partial charge in [-0.05, 0) is 76.9 Å². The van der Waals surface area contributed by atoms with Crippen LogP contribution in [0.5, 0.6) is 0 Å². The van der Waals surface area contributed by atoms with E-state index >= 15 is 0 Å². The topological polar surface area (TPSA) is 26.0 Å². The van der Waals surface area contributed by atoms with Crippen molar-refractivity contribution in [1.82, 2.24) is 4.98 Å².